The van der Waals surface area contributed by atoms with Gasteiger partial charge in [-0.3, -0.25) is 37.3 Å². The van der Waals surface area contributed by atoms with Gasteiger partial charge in [0.1, 0.15) is 19.3 Å². The molecule has 0 aliphatic rings. The first kappa shape index (κ1) is 93.1. The Bertz CT molecular complexity index is 1820. The Kier molecular flexibility index (Phi) is 67.7. The maximum atomic E-state index is 13.1. The first-order valence-electron chi connectivity index (χ1n) is 39.6. The third-order valence-corrected chi connectivity index (χ3v) is 19.7. The quantitative estimate of drug-likeness (QED) is 0.0222. The van der Waals surface area contributed by atoms with E-state index in [9.17, 15) is 43.2 Å². The van der Waals surface area contributed by atoms with Crippen LogP contribution in [0, 0.1) is 5.92 Å². The lowest BCUT2D eigenvalue weighted by molar-refractivity contribution is -0.161. The number of carbonyl (C=O) groups excluding carboxylic acids is 4. The van der Waals surface area contributed by atoms with Gasteiger partial charge in [0.2, 0.25) is 0 Å². The van der Waals surface area contributed by atoms with Crippen LogP contribution < -0.4 is 0 Å². The minimum Gasteiger partial charge on any atom is -0.462 e. The molecule has 5 atom stereocenters. The lowest BCUT2D eigenvalue weighted by Gasteiger charge is -2.21. The van der Waals surface area contributed by atoms with E-state index >= 15 is 0 Å². The summed E-state index contributed by atoms with van der Waals surface area (Å²) in [6.45, 7) is 7.30. The maximum Gasteiger partial charge on any atom is 0.472 e. The molecule has 0 aromatic carbocycles. The molecule has 0 fully saturated rings. The summed E-state index contributed by atoms with van der Waals surface area (Å²) in [6, 6.07) is 0. The molecule has 564 valence electrons. The average molecular weight is 1400 g/mol. The summed E-state index contributed by atoms with van der Waals surface area (Å²) in [7, 11) is -9.91. The number of aliphatic hydroxyl groups excluding tert-OH is 1. The topological polar surface area (TPSA) is 237 Å². The fraction of sp³-hybridized carbons (Fsp3) is 0.947. The second-order valence-electron chi connectivity index (χ2n) is 27.9. The highest BCUT2D eigenvalue weighted by Gasteiger charge is 2.30. The molecule has 2 unspecified atom stereocenters. The van der Waals surface area contributed by atoms with Gasteiger partial charge in [-0.1, -0.05) is 349 Å². The predicted octanol–water partition coefficient (Wildman–Crippen LogP) is 22.5. The van der Waals surface area contributed by atoms with E-state index in [1.165, 1.54) is 225 Å². The van der Waals surface area contributed by atoms with Gasteiger partial charge < -0.3 is 33.8 Å². The van der Waals surface area contributed by atoms with Gasteiger partial charge in [0, 0.05) is 25.7 Å². The lowest BCUT2D eigenvalue weighted by atomic mass is 10.0. The van der Waals surface area contributed by atoms with Crippen molar-refractivity contribution in [3.8, 4) is 0 Å². The van der Waals surface area contributed by atoms with E-state index in [0.717, 1.165) is 95.8 Å². The molecule has 0 rings (SSSR count). The van der Waals surface area contributed by atoms with Crippen LogP contribution >= 0.6 is 15.6 Å². The summed E-state index contributed by atoms with van der Waals surface area (Å²) in [4.78, 5) is 72.8. The molecule has 3 N–H and O–H groups in total. The van der Waals surface area contributed by atoms with Crippen molar-refractivity contribution in [2.45, 2.75) is 419 Å². The third-order valence-electron chi connectivity index (χ3n) is 17.8. The smallest absolute Gasteiger partial charge is 0.462 e. The van der Waals surface area contributed by atoms with Gasteiger partial charge in [-0.2, -0.15) is 0 Å². The number of ether oxygens (including phenoxy) is 4. The molecule has 0 aromatic heterocycles. The minimum atomic E-state index is -4.96. The van der Waals surface area contributed by atoms with E-state index < -0.39 is 97.5 Å². The molecule has 17 nitrogen and oxygen atoms in total. The number of hydrogen-bond acceptors (Lipinski definition) is 15. The maximum absolute atomic E-state index is 13.1. The summed E-state index contributed by atoms with van der Waals surface area (Å²) in [6.07, 6.45) is 58.1. The summed E-state index contributed by atoms with van der Waals surface area (Å²) in [5, 5.41) is 10.6. The van der Waals surface area contributed by atoms with Crippen LogP contribution in [0.2, 0.25) is 0 Å². The number of unbranched alkanes of at least 4 members (excludes halogenated alkanes) is 48. The van der Waals surface area contributed by atoms with Crippen LogP contribution in [0.25, 0.3) is 0 Å². The molecular weight excluding hydrogens is 1250 g/mol. The van der Waals surface area contributed by atoms with Gasteiger partial charge in [-0.15, -0.1) is 0 Å². The van der Waals surface area contributed by atoms with Crippen molar-refractivity contribution in [3.63, 3.8) is 0 Å². The van der Waals surface area contributed by atoms with E-state index in [-0.39, 0.29) is 25.7 Å². The number of hydrogen-bond donors (Lipinski definition) is 3. The normalized spacial score (nSPS) is 13.9. The minimum absolute atomic E-state index is 0.108. The number of carbonyl (C=O) groups is 4. The molecular formula is C76H148O17P2. The van der Waals surface area contributed by atoms with E-state index in [1.807, 2.05) is 0 Å². The Morgan fingerprint density at radius 2 is 0.484 bits per heavy atom. The van der Waals surface area contributed by atoms with Crippen LogP contribution in [-0.4, -0.2) is 96.7 Å². The van der Waals surface area contributed by atoms with Crippen LogP contribution in [0.5, 0.6) is 0 Å². The largest absolute Gasteiger partial charge is 0.472 e. The van der Waals surface area contributed by atoms with Crippen molar-refractivity contribution in [1.29, 1.82) is 0 Å². The SMILES string of the molecule is CCCCCCCCCCCCCCCCCCCCC(=O)O[C@H](COC(=O)CCCCCCCCCCCCCCC(C)C)COP(=O)(O)OC[C@@H](O)COP(=O)(O)OC[C@@H](COC(=O)CCCCCCCCCCCC)OC(=O)CCCCCCCCCCCCCC. The first-order valence-corrected chi connectivity index (χ1v) is 42.6. The number of phosphoric acid groups is 2. The lowest BCUT2D eigenvalue weighted by Crippen LogP contribution is -2.30. The Hall–Kier alpha value is -1.94. The van der Waals surface area contributed by atoms with Crippen LogP contribution in [0.3, 0.4) is 0 Å². The molecule has 0 radical (unpaired) electrons. The average Bonchev–Trinajstić information content (AvgIpc) is 2.88. The van der Waals surface area contributed by atoms with Crippen LogP contribution in [0.15, 0.2) is 0 Å². The van der Waals surface area contributed by atoms with E-state index in [2.05, 4.69) is 34.6 Å². The van der Waals surface area contributed by atoms with Crippen molar-refractivity contribution in [3.05, 3.63) is 0 Å². The molecule has 19 heteroatoms. The summed E-state index contributed by atoms with van der Waals surface area (Å²) < 4.78 is 68.5. The number of rotatable bonds is 76. The van der Waals surface area contributed by atoms with Crippen molar-refractivity contribution in [2.24, 2.45) is 5.92 Å². The molecule has 0 spiro atoms. The van der Waals surface area contributed by atoms with E-state index in [1.54, 1.807) is 0 Å². The zero-order valence-electron chi connectivity index (χ0n) is 61.8. The zero-order chi connectivity index (χ0) is 69.8. The first-order chi connectivity index (χ1) is 46.0. The molecule has 0 saturated carbocycles. The monoisotopic (exact) mass is 1400 g/mol. The van der Waals surface area contributed by atoms with Gasteiger partial charge in [-0.25, -0.2) is 9.13 Å². The molecule has 0 aromatic rings. The zero-order valence-corrected chi connectivity index (χ0v) is 63.6. The van der Waals surface area contributed by atoms with Gasteiger partial charge in [-0.05, 0) is 31.6 Å². The van der Waals surface area contributed by atoms with Crippen molar-refractivity contribution < 1.29 is 80.2 Å². The second kappa shape index (κ2) is 69.2. The van der Waals surface area contributed by atoms with E-state index in [0.29, 0.717) is 25.7 Å². The predicted molar refractivity (Wildman–Crippen MR) is 386 cm³/mol. The van der Waals surface area contributed by atoms with E-state index in [4.69, 9.17) is 37.0 Å². The van der Waals surface area contributed by atoms with Crippen molar-refractivity contribution >= 4 is 39.5 Å². The molecule has 0 aliphatic carbocycles. The number of phosphoric ester groups is 2. The molecule has 95 heavy (non-hydrogen) atoms. The Balaban J connectivity index is 5.23. The third kappa shape index (κ3) is 70.3. The molecule has 0 saturated heterocycles. The number of esters is 4. The Morgan fingerprint density at radius 3 is 0.716 bits per heavy atom. The second-order valence-corrected chi connectivity index (χ2v) is 30.8. The highest BCUT2D eigenvalue weighted by atomic mass is 31.2. The Morgan fingerprint density at radius 1 is 0.284 bits per heavy atom. The fourth-order valence-electron chi connectivity index (χ4n) is 11.7. The summed E-state index contributed by atoms with van der Waals surface area (Å²) in [5.74, 6) is -1.33. The standard InChI is InChI=1S/C76H148O17P2/c1-6-9-12-15-18-21-24-26-27-28-29-30-31-37-42-47-52-57-62-76(81)93-72(66-87-74(79)60-55-50-45-40-36-33-32-34-38-43-48-53-58-69(4)5)68-91-95(84,85)89-64-70(77)63-88-94(82,83)90-67-71(65-86-73(78)59-54-49-44-39-23-20-17-14-11-8-3)92-75(80)61-56-51-46-41-35-25-22-19-16-13-10-7-2/h69-72,77H,6-68H2,1-5H3,(H,82,83)(H,84,85)/t70-,71+,72+/m0/s1. The van der Waals surface area contributed by atoms with Crippen LogP contribution in [-0.2, 0) is 65.4 Å². The summed E-state index contributed by atoms with van der Waals surface area (Å²) in [5.41, 5.74) is 0. The van der Waals surface area contributed by atoms with Gasteiger partial charge >= 0.3 is 39.5 Å². The van der Waals surface area contributed by atoms with Crippen molar-refractivity contribution in [2.75, 3.05) is 39.6 Å². The van der Waals surface area contributed by atoms with Crippen LogP contribution in [0.1, 0.15) is 401 Å². The molecule has 0 aliphatic heterocycles. The number of aliphatic hydroxyl groups is 1. The highest BCUT2D eigenvalue weighted by molar-refractivity contribution is 7.47. The van der Waals surface area contributed by atoms with Crippen molar-refractivity contribution in [1.82, 2.24) is 0 Å². The highest BCUT2D eigenvalue weighted by Crippen LogP contribution is 2.45. The van der Waals surface area contributed by atoms with Gasteiger partial charge in [0.15, 0.2) is 12.2 Å². The fourth-order valence-corrected chi connectivity index (χ4v) is 13.3. The van der Waals surface area contributed by atoms with Gasteiger partial charge in [0.05, 0.1) is 26.4 Å². The summed E-state index contributed by atoms with van der Waals surface area (Å²) >= 11 is 0. The van der Waals surface area contributed by atoms with Gasteiger partial charge in [0.25, 0.3) is 0 Å². The molecule has 0 bridgehead atoms. The molecule has 0 amide bonds. The molecule has 0 heterocycles. The Labute approximate surface area is 581 Å². The van der Waals surface area contributed by atoms with Crippen LogP contribution in [0.4, 0.5) is 0 Å².